The molecule has 86 valence electrons. The number of methoxy groups -OCH3 is 1. The maximum Gasteiger partial charge on any atom is 0.269 e. The van der Waals surface area contributed by atoms with Crippen LogP contribution in [0.5, 0.6) is 5.75 Å². The van der Waals surface area contributed by atoms with Gasteiger partial charge in [-0.3, -0.25) is 8.75 Å². The van der Waals surface area contributed by atoms with Crippen LogP contribution in [0, 0.1) is 0 Å². The first-order valence-corrected chi connectivity index (χ1v) is 5.92. The molecule has 1 aromatic carbocycles. The maximum atomic E-state index is 12.2. The van der Waals surface area contributed by atoms with Crippen LogP contribution in [0.25, 0.3) is 10.1 Å². The van der Waals surface area contributed by atoms with Crippen molar-refractivity contribution < 1.29 is 4.74 Å². The van der Waals surface area contributed by atoms with Crippen LogP contribution in [0.2, 0.25) is 0 Å². The SMILES string of the molecule is COc1cccc2c(=O)n(C(C)(C)C)sc12. The zero-order valence-electron chi connectivity index (χ0n) is 9.90. The van der Waals surface area contributed by atoms with Gasteiger partial charge in [0.25, 0.3) is 5.56 Å². The van der Waals surface area contributed by atoms with Crippen molar-refractivity contribution in [2.45, 2.75) is 26.3 Å². The molecule has 16 heavy (non-hydrogen) atoms. The van der Waals surface area contributed by atoms with E-state index in [2.05, 4.69) is 0 Å². The Morgan fingerprint density at radius 1 is 1.31 bits per heavy atom. The van der Waals surface area contributed by atoms with Crippen LogP contribution < -0.4 is 10.3 Å². The van der Waals surface area contributed by atoms with Gasteiger partial charge in [-0.2, -0.15) is 0 Å². The molecular weight excluding hydrogens is 222 g/mol. The minimum atomic E-state index is -0.189. The summed E-state index contributed by atoms with van der Waals surface area (Å²) < 4.78 is 7.98. The highest BCUT2D eigenvalue weighted by molar-refractivity contribution is 7.14. The maximum absolute atomic E-state index is 12.2. The van der Waals surface area contributed by atoms with Crippen molar-refractivity contribution >= 4 is 21.6 Å². The van der Waals surface area contributed by atoms with E-state index in [0.29, 0.717) is 0 Å². The zero-order valence-corrected chi connectivity index (χ0v) is 10.7. The summed E-state index contributed by atoms with van der Waals surface area (Å²) in [5.74, 6) is 0.766. The third-order valence-corrected chi connectivity index (χ3v) is 3.91. The number of aromatic nitrogens is 1. The van der Waals surface area contributed by atoms with Crippen molar-refractivity contribution in [2.75, 3.05) is 7.11 Å². The van der Waals surface area contributed by atoms with Gasteiger partial charge in [0.1, 0.15) is 5.75 Å². The van der Waals surface area contributed by atoms with E-state index in [1.54, 1.807) is 11.1 Å². The molecule has 0 N–H and O–H groups in total. The van der Waals surface area contributed by atoms with Gasteiger partial charge in [-0.05, 0) is 32.9 Å². The van der Waals surface area contributed by atoms with E-state index < -0.39 is 0 Å². The molecule has 0 saturated carbocycles. The fourth-order valence-electron chi connectivity index (χ4n) is 1.62. The predicted octanol–water partition coefficient (Wildman–Crippen LogP) is 2.83. The summed E-state index contributed by atoms with van der Waals surface area (Å²) in [7, 11) is 1.63. The Kier molecular flexibility index (Phi) is 2.54. The van der Waals surface area contributed by atoms with E-state index in [4.69, 9.17) is 4.74 Å². The molecule has 1 heterocycles. The van der Waals surface area contributed by atoms with Crippen molar-refractivity contribution in [1.29, 1.82) is 0 Å². The van der Waals surface area contributed by atoms with Gasteiger partial charge in [0.05, 0.1) is 22.7 Å². The number of ether oxygens (including phenoxy) is 1. The smallest absolute Gasteiger partial charge is 0.269 e. The summed E-state index contributed by atoms with van der Waals surface area (Å²) in [5.41, 5.74) is -0.127. The van der Waals surface area contributed by atoms with Gasteiger partial charge < -0.3 is 4.74 Å². The van der Waals surface area contributed by atoms with Gasteiger partial charge in [-0.25, -0.2) is 0 Å². The van der Waals surface area contributed by atoms with Gasteiger partial charge in [-0.15, -0.1) is 0 Å². The average molecular weight is 237 g/mol. The Balaban J connectivity index is 2.83. The number of nitrogens with zero attached hydrogens (tertiary/aromatic N) is 1. The number of hydrogen-bond donors (Lipinski definition) is 0. The Bertz CT molecular complexity index is 575. The highest BCUT2D eigenvalue weighted by Crippen LogP contribution is 2.30. The monoisotopic (exact) mass is 237 g/mol. The van der Waals surface area contributed by atoms with E-state index in [9.17, 15) is 4.79 Å². The largest absolute Gasteiger partial charge is 0.495 e. The third kappa shape index (κ3) is 1.63. The summed E-state index contributed by atoms with van der Waals surface area (Å²) in [6.07, 6.45) is 0. The Morgan fingerprint density at radius 3 is 2.56 bits per heavy atom. The minimum Gasteiger partial charge on any atom is -0.495 e. The molecule has 0 radical (unpaired) electrons. The van der Waals surface area contributed by atoms with E-state index in [-0.39, 0.29) is 11.1 Å². The molecule has 0 fully saturated rings. The molecule has 0 unspecified atom stereocenters. The third-order valence-electron chi connectivity index (χ3n) is 2.41. The van der Waals surface area contributed by atoms with Crippen molar-refractivity contribution in [3.63, 3.8) is 0 Å². The molecule has 0 aliphatic rings. The number of benzene rings is 1. The number of rotatable bonds is 1. The lowest BCUT2D eigenvalue weighted by Gasteiger charge is -2.18. The minimum absolute atomic E-state index is 0.0615. The lowest BCUT2D eigenvalue weighted by Crippen LogP contribution is -2.29. The average Bonchev–Trinajstić information content (AvgIpc) is 2.56. The van der Waals surface area contributed by atoms with Crippen molar-refractivity contribution in [1.82, 2.24) is 3.96 Å². The van der Waals surface area contributed by atoms with Gasteiger partial charge in [-0.1, -0.05) is 17.6 Å². The molecule has 4 heteroatoms. The van der Waals surface area contributed by atoms with Crippen LogP contribution in [-0.4, -0.2) is 11.1 Å². The fourth-order valence-corrected chi connectivity index (χ4v) is 2.76. The van der Waals surface area contributed by atoms with Gasteiger partial charge in [0.2, 0.25) is 0 Å². The molecule has 0 aliphatic heterocycles. The quantitative estimate of drug-likeness (QED) is 0.763. The molecule has 3 nitrogen and oxygen atoms in total. The highest BCUT2D eigenvalue weighted by atomic mass is 32.1. The van der Waals surface area contributed by atoms with E-state index in [0.717, 1.165) is 15.8 Å². The van der Waals surface area contributed by atoms with Crippen LogP contribution >= 0.6 is 11.5 Å². The summed E-state index contributed by atoms with van der Waals surface area (Å²) in [6.45, 7) is 6.07. The Morgan fingerprint density at radius 2 is 2.00 bits per heavy atom. The molecule has 0 atom stereocenters. The lowest BCUT2D eigenvalue weighted by atomic mass is 10.1. The summed E-state index contributed by atoms with van der Waals surface area (Å²) in [4.78, 5) is 12.2. The van der Waals surface area contributed by atoms with Crippen molar-refractivity contribution in [3.05, 3.63) is 28.6 Å². The predicted molar refractivity (Wildman–Crippen MR) is 67.6 cm³/mol. The summed E-state index contributed by atoms with van der Waals surface area (Å²) >= 11 is 1.46. The second-order valence-corrected chi connectivity index (χ2v) is 5.65. The van der Waals surface area contributed by atoms with Crippen LogP contribution in [0.3, 0.4) is 0 Å². The molecule has 0 bridgehead atoms. The second kappa shape index (κ2) is 3.63. The fraction of sp³-hybridized carbons (Fsp3) is 0.417. The standard InChI is InChI=1S/C12H15NO2S/c1-12(2,3)13-11(14)8-6-5-7-9(15-4)10(8)16-13/h5-7H,1-4H3. The first-order chi connectivity index (χ1) is 7.45. The van der Waals surface area contributed by atoms with Crippen molar-refractivity contribution in [3.8, 4) is 5.75 Å². The van der Waals surface area contributed by atoms with E-state index in [1.807, 2.05) is 39.0 Å². The normalized spacial score (nSPS) is 12.0. The van der Waals surface area contributed by atoms with Crippen LogP contribution in [0.15, 0.2) is 23.0 Å². The van der Waals surface area contributed by atoms with Crippen molar-refractivity contribution in [2.24, 2.45) is 0 Å². The highest BCUT2D eigenvalue weighted by Gasteiger charge is 2.20. The summed E-state index contributed by atoms with van der Waals surface area (Å²) in [6, 6.07) is 5.58. The van der Waals surface area contributed by atoms with E-state index in [1.165, 1.54) is 11.5 Å². The molecule has 0 saturated heterocycles. The van der Waals surface area contributed by atoms with Crippen LogP contribution in [0.1, 0.15) is 20.8 Å². The van der Waals surface area contributed by atoms with Gasteiger partial charge >= 0.3 is 0 Å². The molecular formula is C12H15NO2S. The second-order valence-electron chi connectivity index (χ2n) is 4.70. The molecule has 2 aromatic rings. The molecule has 0 aliphatic carbocycles. The summed E-state index contributed by atoms with van der Waals surface area (Å²) in [5, 5.41) is 0.735. The Hall–Kier alpha value is -1.29. The number of hydrogen-bond acceptors (Lipinski definition) is 3. The molecule has 0 spiro atoms. The Labute approximate surface area is 98.4 Å². The molecule has 1 aromatic heterocycles. The van der Waals surface area contributed by atoms with Crippen LogP contribution in [0.4, 0.5) is 0 Å². The topological polar surface area (TPSA) is 31.2 Å². The first-order valence-electron chi connectivity index (χ1n) is 5.14. The van der Waals surface area contributed by atoms with Gasteiger partial charge in [0, 0.05) is 0 Å². The zero-order chi connectivity index (χ0) is 11.9. The molecule has 0 amide bonds. The first kappa shape index (κ1) is 11.2. The molecule has 2 rings (SSSR count). The van der Waals surface area contributed by atoms with Crippen LogP contribution in [-0.2, 0) is 5.54 Å². The lowest BCUT2D eigenvalue weighted by molar-refractivity contribution is 0.419. The van der Waals surface area contributed by atoms with Gasteiger partial charge in [0.15, 0.2) is 0 Å². The number of fused-ring (bicyclic) bond motifs is 1. The van der Waals surface area contributed by atoms with E-state index >= 15 is 0 Å².